The molecule has 0 aromatic carbocycles. The second-order valence-electron chi connectivity index (χ2n) is 7.14. The number of hydrogen-bond acceptors (Lipinski definition) is 1. The smallest absolute Gasteiger partial charge is 0.0468 e. The molecule has 1 nitrogen and oxygen atoms in total. The molecule has 0 aliphatic rings. The monoisotopic (exact) mass is 289 g/mol. The quantitative estimate of drug-likeness (QED) is 0.550. The zero-order valence-electron chi connectivity index (χ0n) is 16.0. The molecule has 0 amide bonds. The van der Waals surface area contributed by atoms with Gasteiger partial charge in [0.15, 0.2) is 0 Å². The number of rotatable bonds is 5. The predicted molar refractivity (Wildman–Crippen MR) is 97.0 cm³/mol. The van der Waals surface area contributed by atoms with Gasteiger partial charge in [-0.15, -0.1) is 0 Å². The van der Waals surface area contributed by atoms with Crippen molar-refractivity contribution in [2.75, 3.05) is 20.6 Å². The van der Waals surface area contributed by atoms with Gasteiger partial charge in [0, 0.05) is 8.07 Å². The molecule has 0 rings (SSSR count). The summed E-state index contributed by atoms with van der Waals surface area (Å²) in [6, 6.07) is 2.87. The minimum absolute atomic E-state index is 0.583. The van der Waals surface area contributed by atoms with Gasteiger partial charge >= 0.3 is 0 Å². The molecule has 0 aromatic rings. The fourth-order valence-corrected chi connectivity index (χ4v) is 1.000. The molecule has 0 atom stereocenters. The van der Waals surface area contributed by atoms with Crippen LogP contribution in [0.5, 0.6) is 0 Å². The largest absolute Gasteiger partial charge is 0.310 e. The summed E-state index contributed by atoms with van der Waals surface area (Å²) in [5.74, 6) is 0. The SMILES string of the molecule is CCC(C)(C)CC.CCN(C)C.CC[Si](C)(C)CC. The summed E-state index contributed by atoms with van der Waals surface area (Å²) in [6.07, 6.45) is 2.59. The first-order valence-electron chi connectivity index (χ1n) is 8.16. The molecule has 0 unspecified atom stereocenters. The third-order valence-corrected chi connectivity index (χ3v) is 8.29. The van der Waals surface area contributed by atoms with E-state index in [1.165, 1.54) is 24.9 Å². The van der Waals surface area contributed by atoms with Crippen LogP contribution in [-0.4, -0.2) is 33.6 Å². The van der Waals surface area contributed by atoms with Crippen molar-refractivity contribution >= 4 is 8.07 Å². The zero-order chi connectivity index (χ0) is 16.1. The van der Waals surface area contributed by atoms with Crippen LogP contribution < -0.4 is 0 Å². The van der Waals surface area contributed by atoms with E-state index in [2.05, 4.69) is 80.6 Å². The van der Waals surface area contributed by atoms with E-state index >= 15 is 0 Å². The summed E-state index contributed by atoms with van der Waals surface area (Å²) >= 11 is 0. The van der Waals surface area contributed by atoms with Gasteiger partial charge in [-0.1, -0.05) is 86.5 Å². The average Bonchev–Trinajstić information content (AvgIpc) is 2.40. The van der Waals surface area contributed by atoms with Crippen LogP contribution in [0.15, 0.2) is 0 Å². The molecular weight excluding hydrogens is 246 g/mol. The predicted octanol–water partition coefficient (Wildman–Crippen LogP) is 6.14. The molecule has 0 spiro atoms. The van der Waals surface area contributed by atoms with Crippen LogP contribution in [0.3, 0.4) is 0 Å². The highest BCUT2D eigenvalue weighted by Crippen LogP contribution is 2.22. The maximum atomic E-state index is 2.44. The molecule has 19 heavy (non-hydrogen) atoms. The van der Waals surface area contributed by atoms with E-state index in [4.69, 9.17) is 0 Å². The molecule has 0 aliphatic heterocycles. The van der Waals surface area contributed by atoms with Gasteiger partial charge in [0.25, 0.3) is 0 Å². The zero-order valence-corrected chi connectivity index (χ0v) is 17.0. The fraction of sp³-hybridized carbons (Fsp3) is 1.00. The molecular formula is C17H43NSi. The first-order valence-corrected chi connectivity index (χ1v) is 11.6. The van der Waals surface area contributed by atoms with Gasteiger partial charge < -0.3 is 4.90 Å². The van der Waals surface area contributed by atoms with Crippen LogP contribution in [0, 0.1) is 5.41 Å². The van der Waals surface area contributed by atoms with E-state index in [1.54, 1.807) is 0 Å². The maximum absolute atomic E-state index is 2.44. The van der Waals surface area contributed by atoms with Gasteiger partial charge in [-0.05, 0) is 26.1 Å². The van der Waals surface area contributed by atoms with Gasteiger partial charge in [-0.2, -0.15) is 0 Å². The maximum Gasteiger partial charge on any atom is 0.0468 e. The van der Waals surface area contributed by atoms with E-state index < -0.39 is 8.07 Å². The first kappa shape index (κ1) is 24.2. The van der Waals surface area contributed by atoms with Crippen molar-refractivity contribution in [2.45, 2.75) is 86.5 Å². The summed E-state index contributed by atoms with van der Waals surface area (Å²) in [6.45, 7) is 21.8. The van der Waals surface area contributed by atoms with E-state index in [0.717, 1.165) is 6.54 Å². The summed E-state index contributed by atoms with van der Waals surface area (Å²) < 4.78 is 0. The van der Waals surface area contributed by atoms with E-state index in [9.17, 15) is 0 Å². The Morgan fingerprint density at radius 3 is 1.05 bits per heavy atom. The van der Waals surface area contributed by atoms with Crippen molar-refractivity contribution < 1.29 is 0 Å². The molecule has 0 radical (unpaired) electrons. The normalized spacial score (nSPS) is 11.4. The Balaban J connectivity index is -0.000000206. The summed E-state index contributed by atoms with van der Waals surface area (Å²) in [7, 11) is 3.46. The van der Waals surface area contributed by atoms with Crippen LogP contribution in [0.25, 0.3) is 0 Å². The lowest BCUT2D eigenvalue weighted by Crippen LogP contribution is -2.21. The Hall–Kier alpha value is 0.177. The molecule has 0 aliphatic carbocycles. The van der Waals surface area contributed by atoms with Crippen molar-refractivity contribution in [2.24, 2.45) is 5.41 Å². The second-order valence-corrected chi connectivity index (χ2v) is 12.9. The Bertz CT molecular complexity index is 146. The number of nitrogens with zero attached hydrogens (tertiary/aromatic N) is 1. The van der Waals surface area contributed by atoms with Crippen molar-refractivity contribution in [3.05, 3.63) is 0 Å². The standard InChI is InChI=1S/C7H16.C6H16Si.C4H11N/c2*1-5-7(3,4)6-2;1-4-5(2)3/h2*5-6H2,1-4H3;4H2,1-3H3. The molecule has 0 bridgehead atoms. The highest BCUT2D eigenvalue weighted by atomic mass is 28.3. The molecule has 2 heteroatoms. The molecule has 0 fully saturated rings. The van der Waals surface area contributed by atoms with Gasteiger partial charge in [0.2, 0.25) is 0 Å². The van der Waals surface area contributed by atoms with Crippen LogP contribution in [0.2, 0.25) is 25.2 Å². The van der Waals surface area contributed by atoms with Crippen molar-refractivity contribution in [1.29, 1.82) is 0 Å². The molecule has 0 aromatic heterocycles. The lowest BCUT2D eigenvalue weighted by Gasteiger charge is -2.18. The summed E-state index contributed by atoms with van der Waals surface area (Å²) in [5.41, 5.74) is 0.583. The van der Waals surface area contributed by atoms with Crippen molar-refractivity contribution in [3.8, 4) is 0 Å². The minimum atomic E-state index is -0.651. The van der Waals surface area contributed by atoms with Gasteiger partial charge in [-0.25, -0.2) is 0 Å². The van der Waals surface area contributed by atoms with Crippen LogP contribution in [-0.2, 0) is 0 Å². The Kier molecular flexibility index (Phi) is 16.8. The van der Waals surface area contributed by atoms with E-state index in [1.807, 2.05) is 0 Å². The van der Waals surface area contributed by atoms with Gasteiger partial charge in [0.1, 0.15) is 0 Å². The minimum Gasteiger partial charge on any atom is -0.310 e. The summed E-state index contributed by atoms with van der Waals surface area (Å²) in [5, 5.41) is 0. The van der Waals surface area contributed by atoms with Gasteiger partial charge in [-0.3, -0.25) is 0 Å². The Labute approximate surface area is 126 Å². The average molecular weight is 290 g/mol. The van der Waals surface area contributed by atoms with Crippen LogP contribution >= 0.6 is 0 Å². The fourth-order valence-electron chi connectivity index (χ4n) is 0.500. The molecule has 0 saturated carbocycles. The first-order chi connectivity index (χ1) is 8.51. The van der Waals surface area contributed by atoms with E-state index in [0.29, 0.717) is 5.41 Å². The van der Waals surface area contributed by atoms with Crippen LogP contribution in [0.4, 0.5) is 0 Å². The second kappa shape index (κ2) is 13.2. The number of hydrogen-bond donors (Lipinski definition) is 0. The molecule has 0 heterocycles. The van der Waals surface area contributed by atoms with Crippen LogP contribution in [0.1, 0.15) is 61.3 Å². The van der Waals surface area contributed by atoms with Crippen molar-refractivity contribution in [1.82, 2.24) is 4.90 Å². The van der Waals surface area contributed by atoms with Crippen molar-refractivity contribution in [3.63, 3.8) is 0 Å². The molecule has 0 saturated heterocycles. The lowest BCUT2D eigenvalue weighted by atomic mass is 9.88. The molecule has 120 valence electrons. The van der Waals surface area contributed by atoms with Gasteiger partial charge in [0.05, 0.1) is 0 Å². The van der Waals surface area contributed by atoms with E-state index in [-0.39, 0.29) is 0 Å². The highest BCUT2D eigenvalue weighted by molar-refractivity contribution is 6.77. The Morgan fingerprint density at radius 1 is 0.789 bits per heavy atom. The third-order valence-electron chi connectivity index (χ3n) is 4.46. The topological polar surface area (TPSA) is 3.24 Å². The lowest BCUT2D eigenvalue weighted by molar-refractivity contribution is 0.338. The molecule has 0 N–H and O–H groups in total. The highest BCUT2D eigenvalue weighted by Gasteiger charge is 2.12. The third kappa shape index (κ3) is 23.7. The Morgan fingerprint density at radius 2 is 1.05 bits per heavy atom. The summed E-state index contributed by atoms with van der Waals surface area (Å²) in [4.78, 5) is 2.12.